The topological polar surface area (TPSA) is 109 Å². The van der Waals surface area contributed by atoms with E-state index in [1.807, 2.05) is 0 Å². The van der Waals surface area contributed by atoms with Crippen molar-refractivity contribution in [1.82, 2.24) is 14.8 Å². The number of hydroxylamine groups is 1. The number of nitrogens with one attached hydrogen (secondary N) is 1. The highest BCUT2D eigenvalue weighted by Crippen LogP contribution is 2.26. The third kappa shape index (κ3) is 5.79. The molecule has 0 radical (unpaired) electrons. The van der Waals surface area contributed by atoms with Gasteiger partial charge in [0.25, 0.3) is 5.91 Å². The van der Waals surface area contributed by atoms with Gasteiger partial charge in [-0.1, -0.05) is 25.8 Å². The zero-order valence-electron chi connectivity index (χ0n) is 17.1. The number of carbonyl (C=O) groups excluding carboxylic acids is 1. The summed E-state index contributed by atoms with van der Waals surface area (Å²) in [4.78, 5) is 16.4. The molecule has 0 fully saturated rings. The fourth-order valence-corrected chi connectivity index (χ4v) is 4.58. The summed E-state index contributed by atoms with van der Waals surface area (Å²) in [5, 5.41) is 9.18. The van der Waals surface area contributed by atoms with Crippen molar-refractivity contribution < 1.29 is 23.2 Å². The Bertz CT molecular complexity index is 996. The van der Waals surface area contributed by atoms with Gasteiger partial charge < -0.3 is 4.74 Å². The average molecular weight is 432 g/mol. The number of amides is 1. The normalized spacial score (nSPS) is 12.2. The third-order valence-corrected chi connectivity index (χ3v) is 6.14. The summed E-state index contributed by atoms with van der Waals surface area (Å²) in [6.07, 6.45) is 3.10. The van der Waals surface area contributed by atoms with Crippen LogP contribution >= 0.6 is 0 Å². The predicted molar refractivity (Wildman–Crippen MR) is 111 cm³/mol. The van der Waals surface area contributed by atoms with Crippen molar-refractivity contribution in [3.8, 4) is 17.6 Å². The Morgan fingerprint density at radius 3 is 2.50 bits per heavy atom. The van der Waals surface area contributed by atoms with E-state index in [1.165, 1.54) is 30.5 Å². The molecule has 2 N–H and O–H groups in total. The molecule has 160 valence electrons. The summed E-state index contributed by atoms with van der Waals surface area (Å²) in [6, 6.07) is 8.16. The van der Waals surface area contributed by atoms with Crippen LogP contribution in [0.5, 0.6) is 5.75 Å². The molecular weight excluding hydrogens is 406 g/mol. The quantitative estimate of drug-likeness (QED) is 0.358. The lowest BCUT2D eigenvalue weighted by Gasteiger charge is -2.32. The molecule has 0 saturated carbocycles. The van der Waals surface area contributed by atoms with Crippen LogP contribution in [0.15, 0.2) is 53.7 Å². The van der Waals surface area contributed by atoms with Crippen molar-refractivity contribution in [2.45, 2.75) is 38.3 Å². The van der Waals surface area contributed by atoms with Crippen molar-refractivity contribution in [1.29, 1.82) is 0 Å². The van der Waals surface area contributed by atoms with E-state index in [2.05, 4.69) is 16.8 Å². The Balaban J connectivity index is 2.44. The average Bonchev–Trinajstić information content (AvgIpc) is 2.74. The highest BCUT2D eigenvalue weighted by Gasteiger charge is 2.38. The van der Waals surface area contributed by atoms with Gasteiger partial charge in [0.15, 0.2) is 0 Å². The van der Waals surface area contributed by atoms with Crippen LogP contribution in [0, 0.1) is 17.8 Å². The lowest BCUT2D eigenvalue weighted by molar-refractivity contribution is -0.134. The first-order valence-electron chi connectivity index (χ1n) is 9.28. The molecule has 0 bridgehead atoms. The molecule has 0 saturated heterocycles. The second-order valence-electron chi connectivity index (χ2n) is 6.76. The largest absolute Gasteiger partial charge is 0.481 e. The van der Waals surface area contributed by atoms with Crippen LogP contribution < -0.4 is 10.2 Å². The Morgan fingerprint density at radius 2 is 1.97 bits per heavy atom. The zero-order chi connectivity index (χ0) is 22.1. The highest BCUT2D eigenvalue weighted by molar-refractivity contribution is 7.89. The van der Waals surface area contributed by atoms with Gasteiger partial charge >= 0.3 is 0 Å². The second kappa shape index (κ2) is 10.7. The number of benzene rings is 1. The molecule has 8 nitrogen and oxygen atoms in total. The maximum Gasteiger partial charge on any atom is 0.262 e. The molecule has 0 aliphatic heterocycles. The monoisotopic (exact) mass is 431 g/mol. The number of ether oxygens (including phenoxy) is 1. The van der Waals surface area contributed by atoms with Gasteiger partial charge in [-0.2, -0.15) is 4.31 Å². The van der Waals surface area contributed by atoms with Crippen molar-refractivity contribution in [2.24, 2.45) is 5.92 Å². The van der Waals surface area contributed by atoms with E-state index in [-0.39, 0.29) is 18.0 Å². The number of hydrogen-bond acceptors (Lipinski definition) is 6. The molecule has 2 rings (SSSR count). The second-order valence-corrected chi connectivity index (χ2v) is 8.65. The van der Waals surface area contributed by atoms with Crippen molar-refractivity contribution in [3.63, 3.8) is 0 Å². The van der Waals surface area contributed by atoms with Crippen LogP contribution in [0.2, 0.25) is 0 Å². The minimum absolute atomic E-state index is 0.00305. The number of pyridine rings is 1. The number of rotatable bonds is 9. The number of sulfonamides is 1. The lowest BCUT2D eigenvalue weighted by atomic mass is 10.0. The molecular formula is C21H25N3O5S. The molecule has 1 atom stereocenters. The summed E-state index contributed by atoms with van der Waals surface area (Å²) >= 11 is 0. The van der Waals surface area contributed by atoms with Gasteiger partial charge in [-0.05, 0) is 48.7 Å². The molecule has 9 heteroatoms. The highest BCUT2D eigenvalue weighted by atomic mass is 32.2. The van der Waals surface area contributed by atoms with Crippen molar-refractivity contribution >= 4 is 15.9 Å². The van der Waals surface area contributed by atoms with Crippen LogP contribution in [-0.4, -0.2) is 41.5 Å². The molecule has 0 spiro atoms. The van der Waals surface area contributed by atoms with Gasteiger partial charge in [-0.25, -0.2) is 13.9 Å². The number of carbonyl (C=O) groups is 1. The van der Waals surface area contributed by atoms with Crippen LogP contribution in [0.4, 0.5) is 0 Å². The first kappa shape index (κ1) is 23.3. The van der Waals surface area contributed by atoms with Gasteiger partial charge in [-0.15, -0.1) is 5.92 Å². The summed E-state index contributed by atoms with van der Waals surface area (Å²) in [5.74, 6) is 4.73. The van der Waals surface area contributed by atoms with E-state index in [0.29, 0.717) is 11.3 Å². The van der Waals surface area contributed by atoms with Gasteiger partial charge in [0.2, 0.25) is 10.0 Å². The van der Waals surface area contributed by atoms with Crippen LogP contribution in [-0.2, 0) is 21.4 Å². The molecule has 30 heavy (non-hydrogen) atoms. The Labute approximate surface area is 176 Å². The van der Waals surface area contributed by atoms with E-state index < -0.39 is 27.9 Å². The van der Waals surface area contributed by atoms with Crippen LogP contribution in [0.1, 0.15) is 26.3 Å². The van der Waals surface area contributed by atoms with Gasteiger partial charge in [-0.3, -0.25) is 15.0 Å². The minimum Gasteiger partial charge on any atom is -0.481 e. The Hall–Kier alpha value is -2.93. The molecule has 1 aromatic carbocycles. The Kier molecular flexibility index (Phi) is 8.35. The summed E-state index contributed by atoms with van der Waals surface area (Å²) in [5.41, 5.74) is 2.19. The minimum atomic E-state index is -4.09. The molecule has 0 aliphatic rings. The molecule has 1 unspecified atom stereocenters. The maximum absolute atomic E-state index is 13.5. The molecule has 1 aromatic heterocycles. The van der Waals surface area contributed by atoms with Crippen LogP contribution in [0.3, 0.4) is 0 Å². The SMILES string of the molecule is CC#CCOc1ccc(S(=O)(=O)N(Cc2cccnc2)C(C(=O)NO)C(C)C)cc1. The maximum atomic E-state index is 13.5. The molecule has 2 aromatic rings. The van der Waals surface area contributed by atoms with E-state index in [1.54, 1.807) is 44.6 Å². The number of nitrogens with zero attached hydrogens (tertiary/aromatic N) is 2. The van der Waals surface area contributed by atoms with Gasteiger partial charge in [0.05, 0.1) is 4.90 Å². The fourth-order valence-electron chi connectivity index (χ4n) is 2.87. The van der Waals surface area contributed by atoms with Crippen LogP contribution in [0.25, 0.3) is 0 Å². The summed E-state index contributed by atoms with van der Waals surface area (Å²) < 4.78 is 33.4. The lowest BCUT2D eigenvalue weighted by Crippen LogP contribution is -2.51. The molecule has 0 aliphatic carbocycles. The summed E-state index contributed by atoms with van der Waals surface area (Å²) in [6.45, 7) is 5.22. The Morgan fingerprint density at radius 1 is 1.27 bits per heavy atom. The fraction of sp³-hybridized carbons (Fsp3) is 0.333. The van der Waals surface area contributed by atoms with Crippen molar-refractivity contribution in [2.75, 3.05) is 6.61 Å². The molecule has 1 heterocycles. The smallest absolute Gasteiger partial charge is 0.262 e. The van der Waals surface area contributed by atoms with E-state index >= 15 is 0 Å². The third-order valence-electron chi connectivity index (χ3n) is 4.30. The zero-order valence-corrected chi connectivity index (χ0v) is 17.9. The summed E-state index contributed by atoms with van der Waals surface area (Å²) in [7, 11) is -4.09. The van der Waals surface area contributed by atoms with Gasteiger partial charge in [0.1, 0.15) is 18.4 Å². The van der Waals surface area contributed by atoms with Gasteiger partial charge in [0, 0.05) is 18.9 Å². The first-order chi connectivity index (χ1) is 14.3. The van der Waals surface area contributed by atoms with E-state index in [0.717, 1.165) is 4.31 Å². The first-order valence-corrected chi connectivity index (χ1v) is 10.7. The van der Waals surface area contributed by atoms with E-state index in [4.69, 9.17) is 4.74 Å². The van der Waals surface area contributed by atoms with E-state index in [9.17, 15) is 18.4 Å². The standard InChI is InChI=1S/C21H25N3O5S/c1-4-5-13-29-18-8-10-19(11-9-18)30(27,28)24(15-17-7-6-12-22-14-17)20(16(2)3)21(25)23-26/h6-12,14,16,20,26H,13,15H2,1-3H3,(H,23,25). The molecule has 1 amide bonds. The van der Waals surface area contributed by atoms with Crippen molar-refractivity contribution in [3.05, 3.63) is 54.4 Å². The number of aromatic nitrogens is 1. The predicted octanol–water partition coefficient (Wildman–Crippen LogP) is 2.20. The number of hydrogen-bond donors (Lipinski definition) is 2.